The number of hydrogen-bond donors (Lipinski definition) is 0. The molecule has 0 bridgehead atoms. The maximum absolute atomic E-state index is 13.2. The Labute approximate surface area is 113 Å². The summed E-state index contributed by atoms with van der Waals surface area (Å²) in [6.45, 7) is 5.71. The number of hydrogen-bond acceptors (Lipinski definition) is 2. The second kappa shape index (κ2) is 5.75. The molecule has 102 valence electrons. The molecular formula is C15H18FNO2. The number of ether oxygens (including phenoxy) is 1. The number of halogens is 1. The molecule has 0 aromatic heterocycles. The topological polar surface area (TPSA) is 29.5 Å². The van der Waals surface area contributed by atoms with Crippen molar-refractivity contribution in [1.29, 1.82) is 0 Å². The van der Waals surface area contributed by atoms with Crippen LogP contribution >= 0.6 is 0 Å². The summed E-state index contributed by atoms with van der Waals surface area (Å²) in [5.41, 5.74) is 0.399. The summed E-state index contributed by atoms with van der Waals surface area (Å²) in [4.78, 5) is 13.2. The van der Waals surface area contributed by atoms with Crippen molar-refractivity contribution in [2.45, 2.75) is 32.9 Å². The van der Waals surface area contributed by atoms with Gasteiger partial charge in [0.15, 0.2) is 0 Å². The average Bonchev–Trinajstić information content (AvgIpc) is 2.29. The monoisotopic (exact) mass is 263 g/mol. The second-order valence-corrected chi connectivity index (χ2v) is 5.29. The molecular weight excluding hydrogens is 245 g/mol. The van der Waals surface area contributed by atoms with Crippen LogP contribution in [0.2, 0.25) is 0 Å². The minimum atomic E-state index is -0.544. The summed E-state index contributed by atoms with van der Waals surface area (Å²) >= 11 is 0. The summed E-state index contributed by atoms with van der Waals surface area (Å²) in [5.74, 6) is 1.83. The maximum Gasteiger partial charge on any atom is 0.410 e. The zero-order valence-corrected chi connectivity index (χ0v) is 11.7. The number of benzene rings is 1. The Morgan fingerprint density at radius 1 is 1.47 bits per heavy atom. The smallest absolute Gasteiger partial charge is 0.410 e. The molecule has 0 aliphatic carbocycles. The molecule has 0 N–H and O–H groups in total. The standard InChI is InChI=1S/C15H18FNO2/c1-6-12-9-11(7-8-13(12)16)10-17(5)14(18)19-15(2,3)4/h1,7-9H,10H2,2-5H3. The van der Waals surface area contributed by atoms with Crippen molar-refractivity contribution in [1.82, 2.24) is 4.90 Å². The predicted octanol–water partition coefficient (Wildman–Crippen LogP) is 3.17. The molecule has 1 amide bonds. The molecule has 0 saturated heterocycles. The normalized spacial score (nSPS) is 10.7. The zero-order valence-electron chi connectivity index (χ0n) is 11.7. The van der Waals surface area contributed by atoms with Gasteiger partial charge >= 0.3 is 6.09 Å². The van der Waals surface area contributed by atoms with Crippen molar-refractivity contribution in [2.75, 3.05) is 7.05 Å². The lowest BCUT2D eigenvalue weighted by Crippen LogP contribution is -2.33. The Balaban J connectivity index is 2.75. The third kappa shape index (κ3) is 4.63. The molecule has 1 aromatic carbocycles. The van der Waals surface area contributed by atoms with Gasteiger partial charge in [0.1, 0.15) is 11.4 Å². The van der Waals surface area contributed by atoms with Crippen molar-refractivity contribution < 1.29 is 13.9 Å². The highest BCUT2D eigenvalue weighted by Gasteiger charge is 2.19. The quantitative estimate of drug-likeness (QED) is 0.767. The molecule has 0 aliphatic heterocycles. The lowest BCUT2D eigenvalue weighted by molar-refractivity contribution is 0.0285. The molecule has 0 aliphatic rings. The molecule has 1 aromatic rings. The van der Waals surface area contributed by atoms with Crippen molar-refractivity contribution >= 4 is 6.09 Å². The van der Waals surface area contributed by atoms with Gasteiger partial charge in [0.05, 0.1) is 5.56 Å². The van der Waals surface area contributed by atoms with E-state index < -0.39 is 17.5 Å². The summed E-state index contributed by atoms with van der Waals surface area (Å²) in [6.07, 6.45) is 4.77. The van der Waals surface area contributed by atoms with Crippen molar-refractivity contribution in [3.05, 3.63) is 35.1 Å². The van der Waals surface area contributed by atoms with Crippen LogP contribution < -0.4 is 0 Å². The fourth-order valence-electron chi connectivity index (χ4n) is 1.46. The van der Waals surface area contributed by atoms with E-state index >= 15 is 0 Å². The van der Waals surface area contributed by atoms with E-state index in [1.54, 1.807) is 40.0 Å². The largest absolute Gasteiger partial charge is 0.444 e. The fourth-order valence-corrected chi connectivity index (χ4v) is 1.46. The number of carbonyl (C=O) groups excluding carboxylic acids is 1. The van der Waals surface area contributed by atoms with Crippen molar-refractivity contribution in [3.63, 3.8) is 0 Å². The minimum absolute atomic E-state index is 0.190. The van der Waals surface area contributed by atoms with E-state index in [0.717, 1.165) is 5.56 Å². The number of terminal acetylenes is 1. The Morgan fingerprint density at radius 2 is 2.11 bits per heavy atom. The Bertz CT molecular complexity index is 512. The maximum atomic E-state index is 13.2. The van der Waals surface area contributed by atoms with Crippen LogP contribution in [0.25, 0.3) is 0 Å². The number of amides is 1. The van der Waals surface area contributed by atoms with Crippen LogP contribution in [0.1, 0.15) is 31.9 Å². The first kappa shape index (κ1) is 15.0. The van der Waals surface area contributed by atoms with Crippen LogP contribution in [-0.4, -0.2) is 23.6 Å². The first-order valence-corrected chi connectivity index (χ1v) is 5.92. The zero-order chi connectivity index (χ0) is 14.6. The Morgan fingerprint density at radius 3 is 2.63 bits per heavy atom. The van der Waals surface area contributed by atoms with Crippen LogP contribution in [0.4, 0.5) is 9.18 Å². The molecule has 1 rings (SSSR count). The lowest BCUT2D eigenvalue weighted by atomic mass is 10.1. The van der Waals surface area contributed by atoms with Gasteiger partial charge in [-0.05, 0) is 38.5 Å². The van der Waals surface area contributed by atoms with E-state index in [-0.39, 0.29) is 5.56 Å². The van der Waals surface area contributed by atoms with Gasteiger partial charge in [-0.2, -0.15) is 0 Å². The molecule has 3 nitrogen and oxygen atoms in total. The molecule has 0 fully saturated rings. The van der Waals surface area contributed by atoms with E-state index in [1.807, 2.05) is 0 Å². The van der Waals surface area contributed by atoms with Crippen LogP contribution in [-0.2, 0) is 11.3 Å². The fraction of sp³-hybridized carbons (Fsp3) is 0.400. The van der Waals surface area contributed by atoms with E-state index in [4.69, 9.17) is 11.2 Å². The molecule has 0 spiro atoms. The van der Waals surface area contributed by atoms with Crippen LogP contribution in [0.5, 0.6) is 0 Å². The summed E-state index contributed by atoms with van der Waals surface area (Å²) in [7, 11) is 1.62. The third-order valence-corrected chi connectivity index (χ3v) is 2.31. The van der Waals surface area contributed by atoms with Gasteiger partial charge in [-0.1, -0.05) is 12.0 Å². The highest BCUT2D eigenvalue weighted by molar-refractivity contribution is 5.67. The lowest BCUT2D eigenvalue weighted by Gasteiger charge is -2.24. The van der Waals surface area contributed by atoms with Crippen molar-refractivity contribution in [2.24, 2.45) is 0 Å². The minimum Gasteiger partial charge on any atom is -0.444 e. The van der Waals surface area contributed by atoms with E-state index in [9.17, 15) is 9.18 Å². The molecule has 0 saturated carbocycles. The van der Waals surface area contributed by atoms with Crippen molar-refractivity contribution in [3.8, 4) is 12.3 Å². The van der Waals surface area contributed by atoms with E-state index in [1.165, 1.54) is 11.0 Å². The van der Waals surface area contributed by atoms with E-state index in [0.29, 0.717) is 6.54 Å². The Hall–Kier alpha value is -2.02. The summed E-state index contributed by atoms with van der Waals surface area (Å²) in [6, 6.07) is 4.45. The summed E-state index contributed by atoms with van der Waals surface area (Å²) in [5, 5.41) is 0. The average molecular weight is 263 g/mol. The molecule has 0 unspecified atom stereocenters. The Kier molecular flexibility index (Phi) is 4.55. The van der Waals surface area contributed by atoms with Crippen LogP contribution in [0.3, 0.4) is 0 Å². The van der Waals surface area contributed by atoms with Gasteiger partial charge in [-0.25, -0.2) is 9.18 Å². The molecule has 4 heteroatoms. The molecule has 0 radical (unpaired) electrons. The second-order valence-electron chi connectivity index (χ2n) is 5.29. The van der Waals surface area contributed by atoms with E-state index in [2.05, 4.69) is 5.92 Å². The third-order valence-electron chi connectivity index (χ3n) is 2.31. The molecule has 19 heavy (non-hydrogen) atoms. The summed E-state index contributed by atoms with van der Waals surface area (Å²) < 4.78 is 18.5. The predicted molar refractivity (Wildman–Crippen MR) is 72.0 cm³/mol. The first-order chi connectivity index (χ1) is 8.73. The first-order valence-electron chi connectivity index (χ1n) is 5.92. The number of rotatable bonds is 2. The highest BCUT2D eigenvalue weighted by Crippen LogP contribution is 2.14. The van der Waals surface area contributed by atoms with Gasteiger partial charge in [0.2, 0.25) is 0 Å². The van der Waals surface area contributed by atoms with Gasteiger partial charge in [-0.15, -0.1) is 6.42 Å². The molecule has 0 atom stereocenters. The van der Waals surface area contributed by atoms with Crippen LogP contribution in [0, 0.1) is 18.2 Å². The van der Waals surface area contributed by atoms with Gasteiger partial charge in [-0.3, -0.25) is 0 Å². The number of nitrogens with zero attached hydrogens (tertiary/aromatic N) is 1. The van der Waals surface area contributed by atoms with Gasteiger partial charge in [0, 0.05) is 13.6 Å². The SMILES string of the molecule is C#Cc1cc(CN(C)C(=O)OC(C)(C)C)ccc1F. The van der Waals surface area contributed by atoms with Crippen LogP contribution in [0.15, 0.2) is 18.2 Å². The van der Waals surface area contributed by atoms with Gasteiger partial charge < -0.3 is 9.64 Å². The van der Waals surface area contributed by atoms with Gasteiger partial charge in [0.25, 0.3) is 0 Å². The highest BCUT2D eigenvalue weighted by atomic mass is 19.1. The number of carbonyl (C=O) groups is 1. The molecule has 0 heterocycles.